The number of nitrogens with zero attached hydrogens (tertiary/aromatic N) is 1. The largest absolute Gasteiger partial charge is 0.494 e. The van der Waals surface area contributed by atoms with Gasteiger partial charge in [-0.05, 0) is 49.2 Å². The van der Waals surface area contributed by atoms with Gasteiger partial charge in [-0.2, -0.15) is 0 Å². The Hall–Kier alpha value is -3.31. The summed E-state index contributed by atoms with van der Waals surface area (Å²) < 4.78 is 5.52. The summed E-state index contributed by atoms with van der Waals surface area (Å²) in [6, 6.07) is 24.9. The lowest BCUT2D eigenvalue weighted by Crippen LogP contribution is -2.30. The number of benzene rings is 3. The van der Waals surface area contributed by atoms with Crippen molar-refractivity contribution < 1.29 is 14.3 Å². The van der Waals surface area contributed by atoms with E-state index in [0.717, 1.165) is 21.8 Å². The maximum atomic E-state index is 13.4. The van der Waals surface area contributed by atoms with Crippen LogP contribution in [-0.2, 0) is 16.1 Å². The van der Waals surface area contributed by atoms with Crippen LogP contribution in [0.4, 0.5) is 0 Å². The van der Waals surface area contributed by atoms with Gasteiger partial charge in [0.15, 0.2) is 0 Å². The molecule has 1 heterocycles. The molecule has 1 aliphatic heterocycles. The maximum Gasteiger partial charge on any atom is 0.268 e. The van der Waals surface area contributed by atoms with Crippen LogP contribution in [0.25, 0.3) is 5.57 Å². The molecule has 0 aromatic heterocycles. The number of hydrogen-bond acceptors (Lipinski definition) is 4. The van der Waals surface area contributed by atoms with E-state index in [1.54, 1.807) is 0 Å². The Balaban J connectivity index is 1.70. The minimum Gasteiger partial charge on any atom is -0.494 e. The molecule has 0 N–H and O–H groups in total. The van der Waals surface area contributed by atoms with Gasteiger partial charge in [-0.15, -0.1) is 0 Å². The van der Waals surface area contributed by atoms with Gasteiger partial charge in [0.2, 0.25) is 0 Å². The van der Waals surface area contributed by atoms with E-state index in [0.29, 0.717) is 22.6 Å². The maximum absolute atomic E-state index is 13.4. The molecular weight excluding hydrogens is 406 g/mol. The molecular formula is C26H23NO3S. The molecule has 5 heteroatoms. The van der Waals surface area contributed by atoms with Gasteiger partial charge in [0.1, 0.15) is 5.75 Å². The van der Waals surface area contributed by atoms with Crippen LogP contribution in [-0.4, -0.2) is 23.3 Å². The first kappa shape index (κ1) is 20.9. The molecule has 0 saturated heterocycles. The van der Waals surface area contributed by atoms with Crippen LogP contribution >= 0.6 is 11.8 Å². The first-order chi connectivity index (χ1) is 15.1. The number of aryl methyl sites for hydroxylation is 1. The second-order valence-electron chi connectivity index (χ2n) is 7.26. The topological polar surface area (TPSA) is 46.6 Å². The fourth-order valence-electron chi connectivity index (χ4n) is 3.41. The lowest BCUT2D eigenvalue weighted by molar-refractivity contribution is -0.137. The summed E-state index contributed by atoms with van der Waals surface area (Å²) in [7, 11) is 0. The van der Waals surface area contributed by atoms with Gasteiger partial charge in [0.25, 0.3) is 11.8 Å². The van der Waals surface area contributed by atoms with Crippen LogP contribution in [0.5, 0.6) is 5.75 Å². The fourth-order valence-corrected chi connectivity index (χ4v) is 4.45. The molecule has 0 bridgehead atoms. The number of imide groups is 1. The van der Waals surface area contributed by atoms with Crippen LogP contribution in [0.15, 0.2) is 88.7 Å². The van der Waals surface area contributed by atoms with Crippen LogP contribution in [0, 0.1) is 6.92 Å². The monoisotopic (exact) mass is 429 g/mol. The SMILES string of the molecule is CCOc1ccc(C2=C(Sc3ccccc3)C(=O)N(Cc3ccc(C)cc3)C2=O)cc1. The number of amides is 2. The zero-order chi connectivity index (χ0) is 21.8. The summed E-state index contributed by atoms with van der Waals surface area (Å²) in [5.41, 5.74) is 3.21. The van der Waals surface area contributed by atoms with Crippen LogP contribution < -0.4 is 4.74 Å². The average molecular weight is 430 g/mol. The lowest BCUT2D eigenvalue weighted by atomic mass is 10.1. The molecule has 0 saturated carbocycles. The molecule has 1 aliphatic rings. The Labute approximate surface area is 186 Å². The average Bonchev–Trinajstić information content (AvgIpc) is 3.01. The number of carbonyl (C=O) groups excluding carboxylic acids is 2. The molecule has 2 amide bonds. The highest BCUT2D eigenvalue weighted by Gasteiger charge is 2.39. The number of thioether (sulfide) groups is 1. The van der Waals surface area contributed by atoms with E-state index in [2.05, 4.69) is 0 Å². The molecule has 31 heavy (non-hydrogen) atoms. The highest BCUT2D eigenvalue weighted by atomic mass is 32.2. The Morgan fingerprint density at radius 2 is 1.52 bits per heavy atom. The van der Waals surface area contributed by atoms with E-state index >= 15 is 0 Å². The third-order valence-corrected chi connectivity index (χ3v) is 6.09. The van der Waals surface area contributed by atoms with Gasteiger partial charge in [-0.25, -0.2) is 0 Å². The minimum absolute atomic E-state index is 0.247. The number of ether oxygens (including phenoxy) is 1. The second kappa shape index (κ2) is 9.23. The van der Waals surface area contributed by atoms with E-state index in [9.17, 15) is 9.59 Å². The van der Waals surface area contributed by atoms with E-state index in [4.69, 9.17) is 4.74 Å². The first-order valence-corrected chi connectivity index (χ1v) is 11.0. The van der Waals surface area contributed by atoms with Crippen LogP contribution in [0.3, 0.4) is 0 Å². The molecule has 0 fully saturated rings. The summed E-state index contributed by atoms with van der Waals surface area (Å²) >= 11 is 1.33. The third-order valence-electron chi connectivity index (χ3n) is 5.00. The normalized spacial score (nSPS) is 13.8. The van der Waals surface area contributed by atoms with Gasteiger partial charge >= 0.3 is 0 Å². The smallest absolute Gasteiger partial charge is 0.268 e. The fraction of sp³-hybridized carbons (Fsp3) is 0.154. The van der Waals surface area contributed by atoms with Gasteiger partial charge in [0, 0.05) is 4.90 Å². The van der Waals surface area contributed by atoms with Crippen molar-refractivity contribution >= 4 is 29.1 Å². The first-order valence-electron chi connectivity index (χ1n) is 10.2. The van der Waals surface area contributed by atoms with Crippen molar-refractivity contribution in [2.45, 2.75) is 25.3 Å². The van der Waals surface area contributed by atoms with Crippen molar-refractivity contribution in [1.29, 1.82) is 0 Å². The van der Waals surface area contributed by atoms with Crippen LogP contribution in [0.1, 0.15) is 23.6 Å². The lowest BCUT2D eigenvalue weighted by Gasteiger charge is -2.15. The van der Waals surface area contributed by atoms with Crippen molar-refractivity contribution in [3.05, 3.63) is 100 Å². The molecule has 0 aliphatic carbocycles. The quantitative estimate of drug-likeness (QED) is 0.468. The Kier molecular flexibility index (Phi) is 6.23. The zero-order valence-corrected chi connectivity index (χ0v) is 18.3. The van der Waals surface area contributed by atoms with E-state index in [1.165, 1.54) is 16.7 Å². The second-order valence-corrected chi connectivity index (χ2v) is 8.34. The molecule has 3 aromatic carbocycles. The van der Waals surface area contributed by atoms with Crippen molar-refractivity contribution in [3.8, 4) is 5.75 Å². The van der Waals surface area contributed by atoms with Gasteiger partial charge in [-0.3, -0.25) is 14.5 Å². The van der Waals surface area contributed by atoms with Crippen molar-refractivity contribution in [2.24, 2.45) is 0 Å². The number of hydrogen-bond donors (Lipinski definition) is 0. The zero-order valence-electron chi connectivity index (χ0n) is 17.5. The Bertz CT molecular complexity index is 1120. The predicted molar refractivity (Wildman–Crippen MR) is 124 cm³/mol. The molecule has 0 unspecified atom stereocenters. The summed E-state index contributed by atoms with van der Waals surface area (Å²) in [6.45, 7) is 4.75. The van der Waals surface area contributed by atoms with Crippen molar-refractivity contribution in [3.63, 3.8) is 0 Å². The molecule has 3 aromatic rings. The molecule has 4 rings (SSSR count). The predicted octanol–water partition coefficient (Wildman–Crippen LogP) is 5.47. The van der Waals surface area contributed by atoms with Gasteiger partial charge in [0.05, 0.1) is 23.6 Å². The Morgan fingerprint density at radius 3 is 2.16 bits per heavy atom. The summed E-state index contributed by atoms with van der Waals surface area (Å²) in [4.78, 5) is 29.5. The van der Waals surface area contributed by atoms with Crippen molar-refractivity contribution in [2.75, 3.05) is 6.61 Å². The molecule has 0 radical (unpaired) electrons. The highest BCUT2D eigenvalue weighted by Crippen LogP contribution is 2.40. The summed E-state index contributed by atoms with van der Waals surface area (Å²) in [6.07, 6.45) is 0. The third kappa shape index (κ3) is 4.57. The van der Waals surface area contributed by atoms with E-state index in [-0.39, 0.29) is 18.4 Å². The van der Waals surface area contributed by atoms with Gasteiger partial charge < -0.3 is 4.74 Å². The molecule has 156 valence electrons. The standard InChI is InChI=1S/C26H23NO3S/c1-3-30-21-15-13-20(14-16-21)23-24(31-22-7-5-4-6-8-22)26(29)27(25(23)28)17-19-11-9-18(2)10-12-19/h4-16H,3,17H2,1-2H3. The Morgan fingerprint density at radius 1 is 0.839 bits per heavy atom. The molecule has 4 nitrogen and oxygen atoms in total. The highest BCUT2D eigenvalue weighted by molar-refractivity contribution is 8.04. The number of rotatable bonds is 7. The minimum atomic E-state index is -0.270. The van der Waals surface area contributed by atoms with Crippen LogP contribution in [0.2, 0.25) is 0 Å². The van der Waals surface area contributed by atoms with Gasteiger partial charge in [-0.1, -0.05) is 71.9 Å². The molecule has 0 atom stereocenters. The molecule has 0 spiro atoms. The summed E-state index contributed by atoms with van der Waals surface area (Å²) in [5, 5.41) is 0. The van der Waals surface area contributed by atoms with E-state index in [1.807, 2.05) is 92.7 Å². The number of carbonyl (C=O) groups is 2. The van der Waals surface area contributed by atoms with E-state index < -0.39 is 0 Å². The van der Waals surface area contributed by atoms with Crippen molar-refractivity contribution in [1.82, 2.24) is 4.90 Å². The summed E-state index contributed by atoms with van der Waals surface area (Å²) in [5.74, 6) is 0.203.